The van der Waals surface area contributed by atoms with Gasteiger partial charge in [-0.25, -0.2) is 4.39 Å². The number of hydrogen-bond acceptors (Lipinski definition) is 7. The van der Waals surface area contributed by atoms with Gasteiger partial charge in [-0.15, -0.1) is 0 Å². The average molecular weight is 525 g/mol. The van der Waals surface area contributed by atoms with E-state index in [0.29, 0.717) is 28.9 Å². The van der Waals surface area contributed by atoms with Crippen LogP contribution in [0.25, 0.3) is 10.9 Å². The van der Waals surface area contributed by atoms with Crippen LogP contribution in [-0.4, -0.2) is 29.6 Å². The van der Waals surface area contributed by atoms with Gasteiger partial charge in [-0.3, -0.25) is 0 Å². The van der Waals surface area contributed by atoms with Crippen LogP contribution in [0, 0.1) is 12.7 Å². The Bertz CT molecular complexity index is 1500. The molecule has 0 radical (unpaired) electrons. The zero-order chi connectivity index (χ0) is 26.5. The molecule has 0 saturated carbocycles. The number of thioether (sulfide) groups is 1. The molecule has 1 aromatic heterocycles. The third kappa shape index (κ3) is 6.16. The normalized spacial score (nSPS) is 14.5. The van der Waals surface area contributed by atoms with Crippen LogP contribution >= 0.6 is 11.8 Å². The molecule has 0 amide bonds. The van der Waals surface area contributed by atoms with Crippen LogP contribution < -0.4 is 21.1 Å². The van der Waals surface area contributed by atoms with Crippen LogP contribution in [0.15, 0.2) is 72.4 Å². The molecule has 0 saturated heterocycles. The molecular formula is C29H29BFN5OS. The molecule has 0 fully saturated rings. The second kappa shape index (κ2) is 11.7. The van der Waals surface area contributed by atoms with Crippen LogP contribution in [0.5, 0.6) is 5.75 Å². The molecule has 0 spiro atoms. The van der Waals surface area contributed by atoms with Crippen molar-refractivity contribution in [1.29, 1.82) is 0 Å². The Balaban J connectivity index is 1.17. The van der Waals surface area contributed by atoms with E-state index < -0.39 is 0 Å². The Kier molecular flexibility index (Phi) is 7.93. The molecule has 1 unspecified atom stereocenters. The molecule has 38 heavy (non-hydrogen) atoms. The van der Waals surface area contributed by atoms with Gasteiger partial charge < -0.3 is 0 Å². The summed E-state index contributed by atoms with van der Waals surface area (Å²) in [4.78, 5) is 8.74. The molecule has 0 aliphatic carbocycles. The maximum atomic E-state index is 13.7. The predicted octanol–water partition coefficient (Wildman–Crippen LogP) is 6.40. The summed E-state index contributed by atoms with van der Waals surface area (Å²) in [6.45, 7) is 2.26. The Morgan fingerprint density at radius 3 is 2.87 bits per heavy atom. The first-order valence-corrected chi connectivity index (χ1v) is 13.5. The number of nitrogens with zero attached hydrogens (tertiary/aromatic N) is 2. The molecule has 6 nitrogen and oxygen atoms in total. The zero-order valence-electron chi connectivity index (χ0n) is 21.2. The number of ether oxygens (including phenoxy) is 1. The second-order valence-corrected chi connectivity index (χ2v) is 10.4. The summed E-state index contributed by atoms with van der Waals surface area (Å²) in [6.07, 6.45) is 6.28. The van der Waals surface area contributed by atoms with E-state index in [1.54, 1.807) is 19.1 Å². The Labute approximate surface area is 227 Å². The number of aromatic nitrogens is 2. The average Bonchev–Trinajstić information content (AvgIpc) is 3.45. The molecule has 1 aliphatic rings. The van der Waals surface area contributed by atoms with Crippen molar-refractivity contribution < 1.29 is 9.13 Å². The first-order valence-electron chi connectivity index (χ1n) is 12.5. The molecule has 1 atom stereocenters. The zero-order valence-corrected chi connectivity index (χ0v) is 22.0. The number of nitrogens with one attached hydrogen (secondary N) is 2. The number of aryl methyl sites for hydroxylation is 1. The third-order valence-electron chi connectivity index (χ3n) is 6.37. The van der Waals surface area contributed by atoms with Gasteiger partial charge >= 0.3 is 198 Å². The molecule has 3 aromatic carbocycles. The van der Waals surface area contributed by atoms with Gasteiger partial charge in [-0.1, -0.05) is 0 Å². The van der Waals surface area contributed by atoms with Crippen molar-refractivity contribution in [3.05, 3.63) is 89.4 Å². The van der Waals surface area contributed by atoms with Gasteiger partial charge in [-0.05, 0) is 18.6 Å². The summed E-state index contributed by atoms with van der Waals surface area (Å²) in [7, 11) is 4.18. The number of hydrogen-bond donors (Lipinski definition) is 3. The quantitative estimate of drug-likeness (QED) is 0.126. The third-order valence-corrected chi connectivity index (χ3v) is 7.51. The van der Waals surface area contributed by atoms with Crippen molar-refractivity contribution in [2.24, 2.45) is 0 Å². The van der Waals surface area contributed by atoms with Crippen LogP contribution in [0.1, 0.15) is 35.6 Å². The summed E-state index contributed by atoms with van der Waals surface area (Å²) in [5.74, 6) is 1.12. The van der Waals surface area contributed by atoms with Crippen LogP contribution in [0.4, 0.5) is 27.3 Å². The molecule has 9 heteroatoms. The fraction of sp³-hybridized carbons (Fsp3) is 0.207. The minimum absolute atomic E-state index is 0.241. The maximum absolute atomic E-state index is 13.7. The number of fused-ring (bicyclic) bond motifs is 1. The Morgan fingerprint density at radius 1 is 1.16 bits per heavy atom. The molecule has 5 rings (SSSR count). The fourth-order valence-electron chi connectivity index (χ4n) is 4.30. The predicted molar refractivity (Wildman–Crippen MR) is 159 cm³/mol. The van der Waals surface area contributed by atoms with Gasteiger partial charge in [-0.2, -0.15) is 0 Å². The number of benzene rings is 3. The van der Waals surface area contributed by atoms with Gasteiger partial charge in [0.05, 0.1) is 0 Å². The Morgan fingerprint density at radius 2 is 2.05 bits per heavy atom. The van der Waals surface area contributed by atoms with Crippen molar-refractivity contribution in [2.45, 2.75) is 31.4 Å². The number of anilines is 4. The monoisotopic (exact) mass is 525 g/mol. The van der Waals surface area contributed by atoms with Crippen molar-refractivity contribution in [1.82, 2.24) is 9.97 Å². The van der Waals surface area contributed by atoms with E-state index in [1.807, 2.05) is 36.0 Å². The molecule has 4 N–H and O–H groups in total. The summed E-state index contributed by atoms with van der Waals surface area (Å²) in [5, 5.41) is 10.1. The molecule has 1 aliphatic heterocycles. The summed E-state index contributed by atoms with van der Waals surface area (Å²) >= 11 is 1.83. The van der Waals surface area contributed by atoms with E-state index >= 15 is 0 Å². The molecule has 0 bridgehead atoms. The topological polar surface area (TPSA) is 85.1 Å². The van der Waals surface area contributed by atoms with E-state index in [9.17, 15) is 4.39 Å². The first kappa shape index (κ1) is 25.8. The standard InChI is InChI=1S/C29H29BFN5OS/c1-18-14-20(7-9-23(18)31)35-29-22-16-21(8-11-25(22)33-17-34-29)37-12-2-5-28(30)36-26-15-19(6-10-24(26)32)27-4-3-13-38-27/h3,6-11,13-17,27,30,36H,2,4-5,12,32H2,1H3,(H,33,34,35). The number of allylic oxidation sites excluding steroid dienone is 1. The van der Waals surface area contributed by atoms with Crippen LogP contribution in [0.2, 0.25) is 0 Å². The van der Waals surface area contributed by atoms with Crippen molar-refractivity contribution in [2.75, 3.05) is 23.0 Å². The van der Waals surface area contributed by atoms with E-state index in [-0.39, 0.29) is 5.82 Å². The Hall–Kier alpha value is -3.85. The van der Waals surface area contributed by atoms with Gasteiger partial charge in [0.15, 0.2) is 0 Å². The second-order valence-electron chi connectivity index (χ2n) is 9.25. The van der Waals surface area contributed by atoms with Crippen LogP contribution in [-0.2, 0) is 0 Å². The fourth-order valence-corrected chi connectivity index (χ4v) is 5.23. The minimum atomic E-state index is -0.241. The van der Waals surface area contributed by atoms with Crippen molar-refractivity contribution in [3.63, 3.8) is 0 Å². The molecule has 2 heterocycles. The van der Waals surface area contributed by atoms with E-state index in [4.69, 9.17) is 10.5 Å². The van der Waals surface area contributed by atoms with Crippen molar-refractivity contribution in [3.8, 4) is 5.75 Å². The van der Waals surface area contributed by atoms with Crippen molar-refractivity contribution >= 4 is 58.6 Å². The number of nitrogens with two attached hydrogens (primary N) is 1. The summed E-state index contributed by atoms with van der Waals surface area (Å²) in [5.41, 5.74) is 12.1. The molecular weight excluding hydrogens is 496 g/mol. The SMILES string of the molecule is B=C(CCCOc1ccc2ncnc(Nc3ccc(F)c(C)c3)c2c1)Nc1cc(C2CC=CS2)ccc1N. The number of nitrogen functional groups attached to an aromatic ring is 1. The van der Waals surface area contributed by atoms with E-state index in [2.05, 4.69) is 51.7 Å². The molecule has 4 aromatic rings. The van der Waals surface area contributed by atoms with Crippen LogP contribution in [0.3, 0.4) is 0 Å². The first-order chi connectivity index (χ1) is 18.5. The number of halogens is 1. The van der Waals surface area contributed by atoms with Gasteiger partial charge in [0.2, 0.25) is 0 Å². The van der Waals surface area contributed by atoms with Gasteiger partial charge in [0, 0.05) is 0 Å². The summed E-state index contributed by atoms with van der Waals surface area (Å²) in [6, 6.07) is 16.8. The van der Waals surface area contributed by atoms with Gasteiger partial charge in [0.25, 0.3) is 0 Å². The van der Waals surface area contributed by atoms with E-state index in [1.165, 1.54) is 18.0 Å². The molecule has 192 valence electrons. The van der Waals surface area contributed by atoms with E-state index in [0.717, 1.165) is 52.9 Å². The summed E-state index contributed by atoms with van der Waals surface area (Å²) < 4.78 is 19.7. The van der Waals surface area contributed by atoms with Gasteiger partial charge in [0.1, 0.15) is 5.82 Å². The number of rotatable bonds is 10.